The average Bonchev–Trinajstić information content (AvgIpc) is 2.99. The molecular formula is C20H14O8. The van der Waals surface area contributed by atoms with Gasteiger partial charge >= 0.3 is 5.97 Å². The number of benzene rings is 3. The Labute approximate surface area is 157 Å². The molecule has 0 amide bonds. The molecule has 4 rings (SSSR count). The van der Waals surface area contributed by atoms with Gasteiger partial charge < -0.3 is 34.7 Å². The van der Waals surface area contributed by atoms with E-state index in [2.05, 4.69) is 0 Å². The number of fused-ring (bicyclic) bond motifs is 3. The third-order valence-corrected chi connectivity index (χ3v) is 4.32. The molecule has 1 heterocycles. The summed E-state index contributed by atoms with van der Waals surface area (Å²) in [4.78, 5) is 11.7. The third kappa shape index (κ3) is 2.50. The van der Waals surface area contributed by atoms with Gasteiger partial charge in [0, 0.05) is 18.4 Å². The first-order chi connectivity index (χ1) is 13.3. The molecule has 142 valence electrons. The molecule has 0 radical (unpaired) electrons. The number of phenolic OH excluding ortho intramolecular Hbond substituents is 5. The van der Waals surface area contributed by atoms with Crippen LogP contribution in [-0.4, -0.2) is 31.5 Å². The molecule has 3 aromatic carbocycles. The number of hydrogen-bond acceptors (Lipinski definition) is 8. The van der Waals surface area contributed by atoms with Gasteiger partial charge in [0.1, 0.15) is 11.3 Å². The fourth-order valence-corrected chi connectivity index (χ4v) is 3.11. The quantitative estimate of drug-likeness (QED) is 0.201. The zero-order valence-electron chi connectivity index (χ0n) is 14.4. The van der Waals surface area contributed by atoms with E-state index in [4.69, 9.17) is 9.15 Å². The highest BCUT2D eigenvalue weighted by molar-refractivity contribution is 6.15. The van der Waals surface area contributed by atoms with E-state index >= 15 is 0 Å². The zero-order valence-corrected chi connectivity index (χ0v) is 14.4. The van der Waals surface area contributed by atoms with Crippen LogP contribution in [-0.2, 0) is 4.79 Å². The average molecular weight is 382 g/mol. The van der Waals surface area contributed by atoms with E-state index < -0.39 is 29.0 Å². The Morgan fingerprint density at radius 2 is 1.57 bits per heavy atom. The lowest BCUT2D eigenvalue weighted by atomic mass is 9.99. The number of esters is 1. The van der Waals surface area contributed by atoms with Crippen molar-refractivity contribution in [2.24, 2.45) is 0 Å². The number of rotatable bonds is 2. The van der Waals surface area contributed by atoms with Crippen LogP contribution in [0, 0.1) is 0 Å². The lowest BCUT2D eigenvalue weighted by Gasteiger charge is -2.13. The van der Waals surface area contributed by atoms with Crippen molar-refractivity contribution in [1.29, 1.82) is 0 Å². The molecule has 0 spiro atoms. The number of furan rings is 1. The molecule has 0 aliphatic carbocycles. The van der Waals surface area contributed by atoms with Crippen LogP contribution in [0.25, 0.3) is 33.1 Å². The molecule has 8 heteroatoms. The maximum absolute atomic E-state index is 11.7. The van der Waals surface area contributed by atoms with Crippen molar-refractivity contribution in [3.8, 4) is 45.6 Å². The van der Waals surface area contributed by atoms with Crippen molar-refractivity contribution in [3.05, 3.63) is 36.4 Å². The second-order valence-electron chi connectivity index (χ2n) is 6.19. The third-order valence-electron chi connectivity index (χ3n) is 4.32. The molecule has 0 fully saturated rings. The van der Waals surface area contributed by atoms with E-state index in [1.54, 1.807) is 0 Å². The normalized spacial score (nSPS) is 11.2. The van der Waals surface area contributed by atoms with Gasteiger partial charge in [-0.1, -0.05) is 12.1 Å². The van der Waals surface area contributed by atoms with Gasteiger partial charge in [0.15, 0.2) is 34.3 Å². The maximum Gasteiger partial charge on any atom is 0.308 e. The van der Waals surface area contributed by atoms with Gasteiger partial charge in [-0.15, -0.1) is 0 Å². The van der Waals surface area contributed by atoms with Gasteiger partial charge in [0.25, 0.3) is 0 Å². The van der Waals surface area contributed by atoms with Crippen LogP contribution in [0.3, 0.4) is 0 Å². The minimum absolute atomic E-state index is 0.00146. The van der Waals surface area contributed by atoms with Crippen LogP contribution in [0.2, 0.25) is 0 Å². The van der Waals surface area contributed by atoms with Crippen molar-refractivity contribution in [2.75, 3.05) is 0 Å². The second-order valence-corrected chi connectivity index (χ2v) is 6.19. The largest absolute Gasteiger partial charge is 0.508 e. The molecule has 0 atom stereocenters. The van der Waals surface area contributed by atoms with Gasteiger partial charge in [-0.25, -0.2) is 0 Å². The number of hydrogen-bond donors (Lipinski definition) is 5. The molecular weight excluding hydrogens is 368 g/mol. The van der Waals surface area contributed by atoms with Crippen molar-refractivity contribution >= 4 is 27.9 Å². The van der Waals surface area contributed by atoms with Crippen LogP contribution in [0.1, 0.15) is 6.92 Å². The van der Waals surface area contributed by atoms with Crippen molar-refractivity contribution in [2.45, 2.75) is 6.92 Å². The highest BCUT2D eigenvalue weighted by Gasteiger charge is 2.27. The molecule has 5 N–H and O–H groups in total. The fraction of sp³-hybridized carbons (Fsp3) is 0.0500. The van der Waals surface area contributed by atoms with Crippen LogP contribution >= 0.6 is 0 Å². The van der Waals surface area contributed by atoms with Crippen LogP contribution in [0.5, 0.6) is 34.5 Å². The predicted molar refractivity (Wildman–Crippen MR) is 98.8 cm³/mol. The topological polar surface area (TPSA) is 141 Å². The van der Waals surface area contributed by atoms with Crippen molar-refractivity contribution in [1.82, 2.24) is 0 Å². The number of aromatic hydroxyl groups is 5. The van der Waals surface area contributed by atoms with E-state index in [0.29, 0.717) is 5.56 Å². The summed E-state index contributed by atoms with van der Waals surface area (Å²) in [6.45, 7) is 1.16. The summed E-state index contributed by atoms with van der Waals surface area (Å²) in [6.07, 6.45) is 0. The SMILES string of the molecule is CC(=O)Oc1c(-c2ccc(O)cc2)c(O)c(O)c2c1oc1cc(O)c(O)cc12. The summed E-state index contributed by atoms with van der Waals surface area (Å²) in [5.41, 5.74) is 0.354. The number of carbonyl (C=O) groups excluding carboxylic acids is 1. The van der Waals surface area contributed by atoms with E-state index in [1.165, 1.54) is 24.3 Å². The van der Waals surface area contributed by atoms with Crippen LogP contribution < -0.4 is 4.74 Å². The molecule has 0 saturated carbocycles. The second kappa shape index (κ2) is 5.98. The van der Waals surface area contributed by atoms with Gasteiger partial charge in [-0.2, -0.15) is 0 Å². The van der Waals surface area contributed by atoms with Gasteiger partial charge in [0.05, 0.1) is 10.9 Å². The Bertz CT molecular complexity index is 1250. The van der Waals surface area contributed by atoms with Crippen molar-refractivity contribution in [3.63, 3.8) is 0 Å². The summed E-state index contributed by atoms with van der Waals surface area (Å²) >= 11 is 0. The summed E-state index contributed by atoms with van der Waals surface area (Å²) < 4.78 is 11.0. The Balaban J connectivity index is 2.18. The smallest absolute Gasteiger partial charge is 0.308 e. The molecule has 8 nitrogen and oxygen atoms in total. The number of phenols is 5. The summed E-state index contributed by atoms with van der Waals surface area (Å²) in [7, 11) is 0. The monoisotopic (exact) mass is 382 g/mol. The molecule has 0 aliphatic heterocycles. The Morgan fingerprint density at radius 1 is 0.929 bits per heavy atom. The highest BCUT2D eigenvalue weighted by atomic mass is 16.5. The zero-order chi connectivity index (χ0) is 20.2. The number of carbonyl (C=O) groups is 1. The molecule has 1 aromatic heterocycles. The standard InChI is InChI=1S/C20H14O8/c1-8(21)27-19-15(9-2-4-10(22)5-3-9)17(25)18(26)16-11-6-12(23)13(24)7-14(11)28-20(16)19/h2-7,22-26H,1H3. The Hall–Kier alpha value is -4.07. The van der Waals surface area contributed by atoms with E-state index in [-0.39, 0.29) is 39.0 Å². The van der Waals surface area contributed by atoms with E-state index in [0.717, 1.165) is 19.1 Å². The summed E-state index contributed by atoms with van der Waals surface area (Å²) in [5.74, 6) is -2.90. The molecule has 0 bridgehead atoms. The van der Waals surface area contributed by atoms with Gasteiger partial charge in [-0.3, -0.25) is 4.79 Å². The lowest BCUT2D eigenvalue weighted by molar-refractivity contribution is -0.131. The van der Waals surface area contributed by atoms with E-state index in [1.807, 2.05) is 0 Å². The Kier molecular flexibility index (Phi) is 3.71. The van der Waals surface area contributed by atoms with Gasteiger partial charge in [-0.05, 0) is 23.8 Å². The van der Waals surface area contributed by atoms with Crippen LogP contribution in [0.15, 0.2) is 40.8 Å². The lowest BCUT2D eigenvalue weighted by Crippen LogP contribution is -2.03. The first-order valence-corrected chi connectivity index (χ1v) is 8.11. The molecule has 4 aromatic rings. The summed E-state index contributed by atoms with van der Waals surface area (Å²) in [5, 5.41) is 50.5. The minimum Gasteiger partial charge on any atom is -0.508 e. The molecule has 28 heavy (non-hydrogen) atoms. The van der Waals surface area contributed by atoms with Crippen molar-refractivity contribution < 1.29 is 39.5 Å². The first kappa shape index (κ1) is 17.3. The summed E-state index contributed by atoms with van der Waals surface area (Å²) in [6, 6.07) is 7.95. The van der Waals surface area contributed by atoms with E-state index in [9.17, 15) is 30.3 Å². The predicted octanol–water partition coefficient (Wildman–Crippen LogP) is 3.71. The Morgan fingerprint density at radius 3 is 2.21 bits per heavy atom. The molecule has 0 aliphatic rings. The first-order valence-electron chi connectivity index (χ1n) is 8.11. The minimum atomic E-state index is -0.697. The highest BCUT2D eigenvalue weighted by Crippen LogP contribution is 2.53. The molecule has 0 saturated heterocycles. The molecule has 0 unspecified atom stereocenters. The number of ether oxygens (including phenoxy) is 1. The van der Waals surface area contributed by atoms with Gasteiger partial charge in [0.2, 0.25) is 0 Å². The maximum atomic E-state index is 11.7. The fourth-order valence-electron chi connectivity index (χ4n) is 3.11. The van der Waals surface area contributed by atoms with Crippen LogP contribution in [0.4, 0.5) is 0 Å².